The summed E-state index contributed by atoms with van der Waals surface area (Å²) in [6.07, 6.45) is 1.08. The molecule has 1 N–H and O–H groups in total. The highest BCUT2D eigenvalue weighted by Gasteiger charge is 2.32. The van der Waals surface area contributed by atoms with Gasteiger partial charge in [0.1, 0.15) is 5.75 Å². The Labute approximate surface area is 237 Å². The number of H-pyrrole nitrogens is 1. The Morgan fingerprint density at radius 3 is 2.43 bits per heavy atom. The van der Waals surface area contributed by atoms with Crippen LogP contribution in [0.1, 0.15) is 36.1 Å². The topological polar surface area (TPSA) is 113 Å². The van der Waals surface area contributed by atoms with Gasteiger partial charge in [0.05, 0.1) is 28.1 Å². The van der Waals surface area contributed by atoms with E-state index in [1.54, 1.807) is 6.07 Å². The molecule has 1 aliphatic heterocycles. The van der Waals surface area contributed by atoms with Crippen LogP contribution in [0.5, 0.6) is 5.75 Å². The first-order valence-corrected chi connectivity index (χ1v) is 13.8. The van der Waals surface area contributed by atoms with Gasteiger partial charge in [-0.2, -0.15) is 18.3 Å². The number of nitrogens with zero attached hydrogens (tertiary/aromatic N) is 6. The summed E-state index contributed by atoms with van der Waals surface area (Å²) in [5.74, 6) is 1.69. The van der Waals surface area contributed by atoms with E-state index in [9.17, 15) is 18.0 Å². The van der Waals surface area contributed by atoms with Crippen LogP contribution < -0.4 is 20.1 Å². The zero-order valence-corrected chi connectivity index (χ0v) is 22.4. The second kappa shape index (κ2) is 10.3. The Morgan fingerprint density at radius 1 is 0.952 bits per heavy atom. The molecule has 0 amide bonds. The smallest absolute Gasteiger partial charge is 0.419 e. The SMILES string of the molecule is O=c1[nH]nc(Cc2ccc3onc(N4CCN(c5ncc(C(F)(F)F)cn5)CC4)c3c2)c2cc(OC3CCC3)ccc12. The van der Waals surface area contributed by atoms with Crippen molar-refractivity contribution in [3.8, 4) is 5.75 Å². The number of hydrogen-bond acceptors (Lipinski definition) is 9. The Kier molecular flexibility index (Phi) is 6.43. The molecule has 1 saturated heterocycles. The molecule has 0 bridgehead atoms. The first kappa shape index (κ1) is 26.2. The third kappa shape index (κ3) is 4.99. The third-order valence-electron chi connectivity index (χ3n) is 7.91. The predicted octanol–water partition coefficient (Wildman–Crippen LogP) is 4.72. The van der Waals surface area contributed by atoms with Crippen LogP contribution >= 0.6 is 0 Å². The van der Waals surface area contributed by atoms with Gasteiger partial charge in [0.2, 0.25) is 5.95 Å². The van der Waals surface area contributed by atoms with E-state index in [-0.39, 0.29) is 17.6 Å². The molecular weight excluding hydrogens is 551 g/mol. The molecule has 0 atom stereocenters. The first-order valence-electron chi connectivity index (χ1n) is 13.8. The van der Waals surface area contributed by atoms with Crippen molar-refractivity contribution in [2.75, 3.05) is 36.0 Å². The van der Waals surface area contributed by atoms with Crippen molar-refractivity contribution >= 4 is 33.5 Å². The second-order valence-corrected chi connectivity index (χ2v) is 10.6. The number of aromatic amines is 1. The highest BCUT2D eigenvalue weighted by Crippen LogP contribution is 2.32. The zero-order chi connectivity index (χ0) is 28.8. The maximum Gasteiger partial charge on any atom is 0.419 e. The summed E-state index contributed by atoms with van der Waals surface area (Å²) < 4.78 is 50.3. The van der Waals surface area contributed by atoms with Crippen LogP contribution in [-0.2, 0) is 12.6 Å². The summed E-state index contributed by atoms with van der Waals surface area (Å²) in [5, 5.41) is 13.4. The monoisotopic (exact) mass is 577 g/mol. The standard InChI is InChI=1S/C29H26F3N7O3/c30-29(31,32)18-15-33-28(34-16-18)39-10-8-38(9-11-39)26-23-12-17(4-7-25(23)42-37-26)13-24-22-14-20(41-19-2-1-3-19)5-6-21(22)27(40)36-35-24/h4-7,12,14-16,19H,1-3,8-11,13H2,(H,36,40). The van der Waals surface area contributed by atoms with Crippen LogP contribution in [0, 0.1) is 0 Å². The van der Waals surface area contributed by atoms with Gasteiger partial charge >= 0.3 is 6.18 Å². The largest absolute Gasteiger partial charge is 0.490 e. The summed E-state index contributed by atoms with van der Waals surface area (Å²) in [5.41, 5.74) is 1.21. The number of rotatable bonds is 6. The van der Waals surface area contributed by atoms with Gasteiger partial charge < -0.3 is 19.1 Å². The maximum absolute atomic E-state index is 12.9. The first-order chi connectivity index (χ1) is 20.3. The molecular formula is C29H26F3N7O3. The number of hydrogen-bond donors (Lipinski definition) is 1. The third-order valence-corrected chi connectivity index (χ3v) is 7.91. The fourth-order valence-electron chi connectivity index (χ4n) is 5.34. The molecule has 2 fully saturated rings. The van der Waals surface area contributed by atoms with Crippen LogP contribution in [0.25, 0.3) is 21.7 Å². The highest BCUT2D eigenvalue weighted by molar-refractivity contribution is 5.90. The lowest BCUT2D eigenvalue weighted by Crippen LogP contribution is -2.47. The van der Waals surface area contributed by atoms with Crippen LogP contribution in [0.3, 0.4) is 0 Å². The summed E-state index contributed by atoms with van der Waals surface area (Å²) in [4.78, 5) is 24.2. The van der Waals surface area contributed by atoms with Gasteiger partial charge in [-0.15, -0.1) is 0 Å². The fraction of sp³-hybridized carbons (Fsp3) is 0.345. The van der Waals surface area contributed by atoms with Gasteiger partial charge in [-0.3, -0.25) is 4.79 Å². The van der Waals surface area contributed by atoms with Gasteiger partial charge in [-0.1, -0.05) is 11.2 Å². The van der Waals surface area contributed by atoms with Crippen molar-refractivity contribution in [3.63, 3.8) is 0 Å². The van der Waals surface area contributed by atoms with E-state index in [0.29, 0.717) is 49.4 Å². The molecule has 5 aromatic rings. The molecule has 4 heterocycles. The van der Waals surface area contributed by atoms with E-state index in [0.717, 1.165) is 53.0 Å². The predicted molar refractivity (Wildman–Crippen MR) is 149 cm³/mol. The number of ether oxygens (including phenoxy) is 1. The van der Waals surface area contributed by atoms with Gasteiger partial charge in [-0.25, -0.2) is 15.1 Å². The molecule has 0 unspecified atom stereocenters. The van der Waals surface area contributed by atoms with E-state index in [2.05, 4.69) is 30.2 Å². The number of nitrogens with one attached hydrogen (secondary N) is 1. The van der Waals surface area contributed by atoms with E-state index >= 15 is 0 Å². The molecule has 42 heavy (non-hydrogen) atoms. The Hall–Kier alpha value is -4.68. The number of piperazine rings is 1. The van der Waals surface area contributed by atoms with E-state index in [4.69, 9.17) is 9.26 Å². The fourth-order valence-corrected chi connectivity index (χ4v) is 5.34. The van der Waals surface area contributed by atoms with Crippen LogP contribution in [0.2, 0.25) is 0 Å². The summed E-state index contributed by atoms with van der Waals surface area (Å²) in [6, 6.07) is 11.3. The van der Waals surface area contributed by atoms with Crippen LogP contribution in [0.4, 0.5) is 24.9 Å². The average molecular weight is 578 g/mol. The van der Waals surface area contributed by atoms with Crippen molar-refractivity contribution in [3.05, 3.63) is 76.0 Å². The molecule has 7 rings (SSSR count). The van der Waals surface area contributed by atoms with Gasteiger partial charge in [0, 0.05) is 50.4 Å². The number of alkyl halides is 3. The Morgan fingerprint density at radius 2 is 1.71 bits per heavy atom. The van der Waals surface area contributed by atoms with Gasteiger partial charge in [-0.05, 0) is 55.2 Å². The average Bonchev–Trinajstić information content (AvgIpc) is 3.39. The van der Waals surface area contributed by atoms with Crippen LogP contribution in [0.15, 0.2) is 58.1 Å². The van der Waals surface area contributed by atoms with E-state index in [1.807, 2.05) is 35.2 Å². The van der Waals surface area contributed by atoms with E-state index < -0.39 is 11.7 Å². The van der Waals surface area contributed by atoms with Crippen molar-refractivity contribution in [2.45, 2.75) is 38.0 Å². The number of anilines is 2. The molecule has 13 heteroatoms. The Bertz CT molecular complexity index is 1810. The molecule has 10 nitrogen and oxygen atoms in total. The molecule has 2 aliphatic rings. The van der Waals surface area contributed by atoms with Crippen molar-refractivity contribution in [2.24, 2.45) is 0 Å². The zero-order valence-electron chi connectivity index (χ0n) is 22.4. The normalized spacial score (nSPS) is 16.3. The minimum absolute atomic E-state index is 0.222. The number of fused-ring (bicyclic) bond motifs is 2. The molecule has 1 aliphatic carbocycles. The minimum Gasteiger partial charge on any atom is -0.490 e. The highest BCUT2D eigenvalue weighted by atomic mass is 19.4. The quantitative estimate of drug-likeness (QED) is 0.306. The summed E-state index contributed by atoms with van der Waals surface area (Å²) in [7, 11) is 0. The van der Waals surface area contributed by atoms with Crippen molar-refractivity contribution in [1.29, 1.82) is 0 Å². The minimum atomic E-state index is -4.47. The van der Waals surface area contributed by atoms with Crippen molar-refractivity contribution in [1.82, 2.24) is 25.3 Å². The summed E-state index contributed by atoms with van der Waals surface area (Å²) >= 11 is 0. The van der Waals surface area contributed by atoms with Crippen LogP contribution in [-0.4, -0.2) is 57.6 Å². The lowest BCUT2D eigenvalue weighted by Gasteiger charge is -2.34. The molecule has 216 valence electrons. The second-order valence-electron chi connectivity index (χ2n) is 10.6. The Balaban J connectivity index is 1.10. The lowest BCUT2D eigenvalue weighted by molar-refractivity contribution is -0.138. The van der Waals surface area contributed by atoms with Gasteiger partial charge in [0.15, 0.2) is 11.4 Å². The van der Waals surface area contributed by atoms with E-state index in [1.165, 1.54) is 6.42 Å². The number of aromatic nitrogens is 5. The molecule has 3 aromatic heterocycles. The molecule has 1 saturated carbocycles. The van der Waals surface area contributed by atoms with Crippen molar-refractivity contribution < 1.29 is 22.4 Å². The maximum atomic E-state index is 12.9. The molecule has 0 radical (unpaired) electrons. The molecule has 0 spiro atoms. The number of benzene rings is 2. The number of halogens is 3. The van der Waals surface area contributed by atoms with Gasteiger partial charge in [0.25, 0.3) is 5.56 Å². The molecule has 2 aromatic carbocycles. The lowest BCUT2D eigenvalue weighted by atomic mass is 9.96. The summed E-state index contributed by atoms with van der Waals surface area (Å²) in [6.45, 7) is 2.15.